The predicted octanol–water partition coefficient (Wildman–Crippen LogP) is 4.83. The SMILES string of the molecule is COc1ccc(-c2ccccc2OCCCNc2nc(NCCc3ccc(O)cc3)nc(N3CCNCC3)n2)cc1.O=C(O)C(F)(F)F. The maximum absolute atomic E-state index is 10.6. The Labute approximate surface area is 276 Å². The van der Waals surface area contributed by atoms with Gasteiger partial charge in [-0.15, -0.1) is 0 Å². The third kappa shape index (κ3) is 11.2. The van der Waals surface area contributed by atoms with Crippen molar-refractivity contribution in [2.75, 3.05) is 68.5 Å². The highest BCUT2D eigenvalue weighted by Crippen LogP contribution is 2.31. The van der Waals surface area contributed by atoms with Gasteiger partial charge in [-0.25, -0.2) is 4.79 Å². The van der Waals surface area contributed by atoms with Crippen molar-refractivity contribution in [1.29, 1.82) is 0 Å². The van der Waals surface area contributed by atoms with E-state index in [1.165, 1.54) is 0 Å². The number of aromatic nitrogens is 3. The minimum atomic E-state index is -5.08. The van der Waals surface area contributed by atoms with Crippen LogP contribution in [-0.2, 0) is 11.2 Å². The molecule has 0 amide bonds. The van der Waals surface area contributed by atoms with E-state index in [2.05, 4.69) is 36.9 Å². The second kappa shape index (κ2) is 17.6. The number of aliphatic carboxylic acids is 1. The first-order chi connectivity index (χ1) is 23.1. The summed E-state index contributed by atoms with van der Waals surface area (Å²) in [6, 6.07) is 23.3. The summed E-state index contributed by atoms with van der Waals surface area (Å²) in [6.07, 6.45) is -3.53. The molecule has 1 aliphatic rings. The van der Waals surface area contributed by atoms with E-state index in [0.29, 0.717) is 37.5 Å². The molecule has 1 fully saturated rings. The molecule has 1 aromatic heterocycles. The van der Waals surface area contributed by atoms with Crippen molar-refractivity contribution in [2.24, 2.45) is 0 Å². The first-order valence-electron chi connectivity index (χ1n) is 15.3. The Morgan fingerprint density at radius 1 is 0.917 bits per heavy atom. The Bertz CT molecular complexity index is 1590. The number of hydrogen-bond acceptors (Lipinski definition) is 11. The summed E-state index contributed by atoms with van der Waals surface area (Å²) in [4.78, 5) is 25.1. The van der Waals surface area contributed by atoms with Crippen molar-refractivity contribution in [3.63, 3.8) is 0 Å². The number of carbonyl (C=O) groups is 1. The van der Waals surface area contributed by atoms with Crippen LogP contribution in [0.4, 0.5) is 31.0 Å². The number of phenolic OH excluding ortho intramolecular Hbond substituents is 1. The van der Waals surface area contributed by atoms with E-state index in [0.717, 1.165) is 67.2 Å². The Morgan fingerprint density at radius 2 is 1.54 bits per heavy atom. The van der Waals surface area contributed by atoms with Crippen LogP contribution < -0.4 is 30.3 Å². The van der Waals surface area contributed by atoms with Gasteiger partial charge < -0.3 is 40.5 Å². The summed E-state index contributed by atoms with van der Waals surface area (Å²) in [5.41, 5.74) is 3.25. The van der Waals surface area contributed by atoms with Gasteiger partial charge in [0, 0.05) is 44.8 Å². The molecule has 1 aliphatic heterocycles. The molecule has 48 heavy (non-hydrogen) atoms. The lowest BCUT2D eigenvalue weighted by atomic mass is 10.0. The highest BCUT2D eigenvalue weighted by molar-refractivity contribution is 5.73. The molecule has 2 heterocycles. The molecule has 1 saturated heterocycles. The first kappa shape index (κ1) is 35.5. The molecule has 0 radical (unpaired) electrons. The molecule has 15 heteroatoms. The fraction of sp³-hybridized carbons (Fsp3) is 0.333. The van der Waals surface area contributed by atoms with E-state index in [4.69, 9.17) is 24.4 Å². The van der Waals surface area contributed by atoms with Gasteiger partial charge in [0.1, 0.15) is 17.2 Å². The number of ether oxygens (including phenoxy) is 2. The smallest absolute Gasteiger partial charge is 0.490 e. The molecule has 0 spiro atoms. The fourth-order valence-electron chi connectivity index (χ4n) is 4.57. The van der Waals surface area contributed by atoms with Crippen LogP contribution >= 0.6 is 0 Å². The Balaban J connectivity index is 0.000000671. The van der Waals surface area contributed by atoms with Crippen molar-refractivity contribution in [2.45, 2.75) is 19.0 Å². The molecule has 12 nitrogen and oxygen atoms in total. The lowest BCUT2D eigenvalue weighted by molar-refractivity contribution is -0.192. The summed E-state index contributed by atoms with van der Waals surface area (Å²) in [5.74, 6) is 0.931. The zero-order valence-electron chi connectivity index (χ0n) is 26.3. The van der Waals surface area contributed by atoms with Gasteiger partial charge >= 0.3 is 12.1 Å². The zero-order valence-corrected chi connectivity index (χ0v) is 26.3. The number of aromatic hydroxyl groups is 1. The van der Waals surface area contributed by atoms with Gasteiger partial charge in [0.05, 0.1) is 13.7 Å². The predicted molar refractivity (Wildman–Crippen MR) is 176 cm³/mol. The molecule has 0 saturated carbocycles. The van der Waals surface area contributed by atoms with Crippen molar-refractivity contribution in [3.8, 4) is 28.4 Å². The number of phenols is 1. The Hall–Kier alpha value is -5.31. The van der Waals surface area contributed by atoms with Crippen LogP contribution in [-0.4, -0.2) is 90.3 Å². The number of anilines is 3. The molecule has 3 aromatic carbocycles. The number of hydrogen-bond donors (Lipinski definition) is 5. The van der Waals surface area contributed by atoms with Crippen LogP contribution in [0.25, 0.3) is 11.1 Å². The molecule has 256 valence electrons. The fourth-order valence-corrected chi connectivity index (χ4v) is 4.57. The molecule has 0 atom stereocenters. The van der Waals surface area contributed by atoms with E-state index in [1.807, 2.05) is 54.6 Å². The van der Waals surface area contributed by atoms with Crippen LogP contribution in [0.3, 0.4) is 0 Å². The van der Waals surface area contributed by atoms with Gasteiger partial charge in [-0.1, -0.05) is 42.5 Å². The molecular weight excluding hydrogens is 631 g/mol. The van der Waals surface area contributed by atoms with Crippen LogP contribution in [0, 0.1) is 0 Å². The highest BCUT2D eigenvalue weighted by atomic mass is 19.4. The summed E-state index contributed by atoms with van der Waals surface area (Å²) in [7, 11) is 1.67. The maximum atomic E-state index is 10.6. The molecule has 5 N–H and O–H groups in total. The number of benzene rings is 3. The van der Waals surface area contributed by atoms with E-state index in [-0.39, 0.29) is 5.75 Å². The highest BCUT2D eigenvalue weighted by Gasteiger charge is 2.38. The number of carboxylic acid groups (broad SMARTS) is 1. The summed E-state index contributed by atoms with van der Waals surface area (Å²) in [5, 5.41) is 26.7. The first-order valence-corrected chi connectivity index (χ1v) is 15.3. The average molecular weight is 670 g/mol. The van der Waals surface area contributed by atoms with Gasteiger partial charge in [-0.2, -0.15) is 28.1 Å². The molecule has 0 bridgehead atoms. The van der Waals surface area contributed by atoms with Crippen LogP contribution in [0.15, 0.2) is 72.8 Å². The lowest BCUT2D eigenvalue weighted by Crippen LogP contribution is -2.44. The molecule has 5 rings (SSSR count). The third-order valence-corrected chi connectivity index (χ3v) is 7.05. The molecule has 0 unspecified atom stereocenters. The number of methoxy groups -OCH3 is 1. The maximum Gasteiger partial charge on any atom is 0.490 e. The number of piperazine rings is 1. The van der Waals surface area contributed by atoms with Crippen LogP contribution in [0.5, 0.6) is 17.2 Å². The number of carboxylic acids is 1. The van der Waals surface area contributed by atoms with Crippen molar-refractivity contribution < 1.29 is 37.7 Å². The summed E-state index contributed by atoms with van der Waals surface area (Å²) >= 11 is 0. The number of halogens is 3. The lowest BCUT2D eigenvalue weighted by Gasteiger charge is -2.27. The second-order valence-corrected chi connectivity index (χ2v) is 10.5. The minimum absolute atomic E-state index is 0.266. The Morgan fingerprint density at radius 3 is 2.17 bits per heavy atom. The standard InChI is InChI=1S/C31H37N7O3.C2HF3O2/c1-40-26-13-9-24(10-14-26)27-5-2-3-6-28(27)41-22-4-16-33-29-35-30(34-17-15-23-7-11-25(39)12-8-23)37-31(36-29)38-20-18-32-19-21-38;3-2(4,5)1(6)7/h2-3,5-14,32,39H,4,15-22H2,1H3,(H2,33,34,35,36,37);(H,6,7). The molecule has 4 aromatic rings. The van der Waals surface area contributed by atoms with E-state index >= 15 is 0 Å². The van der Waals surface area contributed by atoms with E-state index < -0.39 is 12.1 Å². The Kier molecular flexibility index (Phi) is 13.0. The quantitative estimate of drug-likeness (QED) is 0.124. The molecule has 0 aliphatic carbocycles. The topological polar surface area (TPSA) is 154 Å². The van der Waals surface area contributed by atoms with Crippen molar-refractivity contribution in [1.82, 2.24) is 20.3 Å². The van der Waals surface area contributed by atoms with E-state index in [1.54, 1.807) is 19.2 Å². The second-order valence-electron chi connectivity index (χ2n) is 10.5. The number of nitrogens with zero attached hydrogens (tertiary/aromatic N) is 4. The van der Waals surface area contributed by atoms with Crippen molar-refractivity contribution in [3.05, 3.63) is 78.4 Å². The number of nitrogens with one attached hydrogen (secondary N) is 3. The number of alkyl halides is 3. The van der Waals surface area contributed by atoms with Gasteiger partial charge in [-0.05, 0) is 54.3 Å². The van der Waals surface area contributed by atoms with Gasteiger partial charge in [0.2, 0.25) is 17.8 Å². The largest absolute Gasteiger partial charge is 0.508 e. The summed E-state index contributed by atoms with van der Waals surface area (Å²) in [6.45, 7) is 5.35. The number of rotatable bonds is 13. The minimum Gasteiger partial charge on any atom is -0.508 e. The third-order valence-electron chi connectivity index (χ3n) is 7.05. The average Bonchev–Trinajstić information content (AvgIpc) is 3.09. The van der Waals surface area contributed by atoms with Crippen molar-refractivity contribution >= 4 is 23.8 Å². The van der Waals surface area contributed by atoms with Crippen LogP contribution in [0.1, 0.15) is 12.0 Å². The van der Waals surface area contributed by atoms with E-state index in [9.17, 15) is 18.3 Å². The molecular formula is C33H38F3N7O5. The normalized spacial score (nSPS) is 12.8. The summed E-state index contributed by atoms with van der Waals surface area (Å²) < 4.78 is 43.2. The van der Waals surface area contributed by atoms with Gasteiger partial charge in [-0.3, -0.25) is 0 Å². The monoisotopic (exact) mass is 669 g/mol. The van der Waals surface area contributed by atoms with Gasteiger partial charge in [0.15, 0.2) is 0 Å². The van der Waals surface area contributed by atoms with Crippen LogP contribution in [0.2, 0.25) is 0 Å². The zero-order chi connectivity index (χ0) is 34.4. The number of para-hydroxylation sites is 1. The van der Waals surface area contributed by atoms with Gasteiger partial charge in [0.25, 0.3) is 0 Å².